The molecule has 0 radical (unpaired) electrons. The van der Waals surface area contributed by atoms with Crippen molar-refractivity contribution in [3.8, 4) is 6.07 Å². The number of anilines is 1. The van der Waals surface area contributed by atoms with E-state index in [1.165, 1.54) is 22.6 Å². The Bertz CT molecular complexity index is 939. The third-order valence-electron chi connectivity index (χ3n) is 3.36. The molecule has 0 aliphatic heterocycles. The van der Waals surface area contributed by atoms with Crippen molar-refractivity contribution in [1.29, 1.82) is 5.26 Å². The van der Waals surface area contributed by atoms with Crippen LogP contribution in [0.3, 0.4) is 0 Å². The predicted molar refractivity (Wildman–Crippen MR) is 76.4 cm³/mol. The highest BCUT2D eigenvalue weighted by Crippen LogP contribution is 2.29. The Balaban J connectivity index is 1.91. The number of alkyl halides is 3. The lowest BCUT2D eigenvalue weighted by molar-refractivity contribution is -0.137. The van der Waals surface area contributed by atoms with Gasteiger partial charge in [0.15, 0.2) is 11.5 Å². The molecule has 0 aliphatic carbocycles. The maximum absolute atomic E-state index is 13.5. The number of nitrogens with zero attached hydrogens (tertiary/aromatic N) is 4. The van der Waals surface area contributed by atoms with Crippen LogP contribution < -0.4 is 5.32 Å². The number of benzene rings is 1. The zero-order valence-corrected chi connectivity index (χ0v) is 12.0. The summed E-state index contributed by atoms with van der Waals surface area (Å²) < 4.78 is 53.1. The summed E-state index contributed by atoms with van der Waals surface area (Å²) in [5, 5.41) is 19.4. The van der Waals surface area contributed by atoms with E-state index >= 15 is 0 Å². The molecule has 0 unspecified atom stereocenters. The van der Waals surface area contributed by atoms with Gasteiger partial charge < -0.3 is 5.32 Å². The van der Waals surface area contributed by atoms with Crippen molar-refractivity contribution in [2.45, 2.75) is 12.7 Å². The van der Waals surface area contributed by atoms with Gasteiger partial charge in [0, 0.05) is 6.20 Å². The maximum atomic E-state index is 13.5. The molecule has 0 saturated heterocycles. The zero-order valence-electron chi connectivity index (χ0n) is 12.0. The number of hydrogen-bond donors (Lipinski definition) is 1. The van der Waals surface area contributed by atoms with Gasteiger partial charge >= 0.3 is 6.18 Å². The number of nitriles is 1. The van der Waals surface area contributed by atoms with E-state index < -0.39 is 17.6 Å². The van der Waals surface area contributed by atoms with Crippen molar-refractivity contribution in [1.82, 2.24) is 14.6 Å². The van der Waals surface area contributed by atoms with Crippen molar-refractivity contribution >= 4 is 11.3 Å². The van der Waals surface area contributed by atoms with Crippen LogP contribution in [0.2, 0.25) is 0 Å². The summed E-state index contributed by atoms with van der Waals surface area (Å²) in [6, 6.07) is 7.92. The molecule has 9 heteroatoms. The molecule has 3 rings (SSSR count). The monoisotopic (exact) mass is 335 g/mol. The second-order valence-electron chi connectivity index (χ2n) is 4.89. The topological polar surface area (TPSA) is 66.0 Å². The summed E-state index contributed by atoms with van der Waals surface area (Å²) in [6.45, 7) is -0.0272. The van der Waals surface area contributed by atoms with E-state index in [0.717, 1.165) is 18.3 Å². The summed E-state index contributed by atoms with van der Waals surface area (Å²) in [6.07, 6.45) is -3.59. The van der Waals surface area contributed by atoms with E-state index in [2.05, 4.69) is 15.5 Å². The van der Waals surface area contributed by atoms with Gasteiger partial charge in [0.05, 0.1) is 17.8 Å². The molecule has 1 N–H and O–H groups in total. The average Bonchev–Trinajstić information content (AvgIpc) is 2.94. The number of pyridine rings is 1. The molecule has 5 nitrogen and oxygen atoms in total. The van der Waals surface area contributed by atoms with E-state index in [9.17, 15) is 17.6 Å². The van der Waals surface area contributed by atoms with Gasteiger partial charge in [0.2, 0.25) is 0 Å². The van der Waals surface area contributed by atoms with E-state index in [1.807, 2.05) is 0 Å². The first-order chi connectivity index (χ1) is 11.4. The van der Waals surface area contributed by atoms with Gasteiger partial charge in [0.25, 0.3) is 0 Å². The number of nitrogens with one attached hydrogen (secondary N) is 1. The fraction of sp³-hybridized carbons (Fsp3) is 0.133. The third-order valence-corrected chi connectivity index (χ3v) is 3.36. The quantitative estimate of drug-likeness (QED) is 0.745. The van der Waals surface area contributed by atoms with Crippen LogP contribution in [-0.2, 0) is 12.7 Å². The molecule has 0 saturated carbocycles. The summed E-state index contributed by atoms with van der Waals surface area (Å²) >= 11 is 0. The molecular weight excluding hydrogens is 326 g/mol. The first-order valence-electron chi connectivity index (χ1n) is 6.73. The Kier molecular flexibility index (Phi) is 3.81. The second kappa shape index (κ2) is 5.81. The van der Waals surface area contributed by atoms with Gasteiger partial charge in [-0.15, -0.1) is 10.2 Å². The van der Waals surface area contributed by atoms with Crippen LogP contribution in [0.1, 0.15) is 17.0 Å². The van der Waals surface area contributed by atoms with E-state index in [0.29, 0.717) is 0 Å². The molecule has 2 heterocycles. The molecule has 24 heavy (non-hydrogen) atoms. The van der Waals surface area contributed by atoms with E-state index in [-0.39, 0.29) is 29.3 Å². The van der Waals surface area contributed by atoms with Crippen LogP contribution in [-0.4, -0.2) is 14.6 Å². The van der Waals surface area contributed by atoms with Crippen molar-refractivity contribution < 1.29 is 17.6 Å². The first kappa shape index (κ1) is 15.7. The smallest absolute Gasteiger partial charge is 0.377 e. The molecule has 0 amide bonds. The molecule has 0 atom stereocenters. The minimum Gasteiger partial charge on any atom is -0.377 e. The first-order valence-corrected chi connectivity index (χ1v) is 6.73. The molecule has 0 bridgehead atoms. The number of fused-ring (bicyclic) bond motifs is 1. The second-order valence-corrected chi connectivity index (χ2v) is 4.89. The highest BCUT2D eigenvalue weighted by Gasteiger charge is 2.31. The van der Waals surface area contributed by atoms with Crippen LogP contribution in [0.4, 0.5) is 23.2 Å². The summed E-state index contributed by atoms with van der Waals surface area (Å²) in [4.78, 5) is 0. The summed E-state index contributed by atoms with van der Waals surface area (Å²) in [5.41, 5.74) is -0.539. The maximum Gasteiger partial charge on any atom is 0.417 e. The number of rotatable bonds is 3. The zero-order chi connectivity index (χ0) is 17.3. The lowest BCUT2D eigenvalue weighted by atomic mass is 10.2. The fourth-order valence-corrected chi connectivity index (χ4v) is 2.19. The molecule has 122 valence electrons. The fourth-order valence-electron chi connectivity index (χ4n) is 2.19. The minimum atomic E-state index is -4.49. The van der Waals surface area contributed by atoms with Crippen LogP contribution in [0, 0.1) is 17.1 Å². The highest BCUT2D eigenvalue weighted by atomic mass is 19.4. The van der Waals surface area contributed by atoms with Gasteiger partial charge in [-0.25, -0.2) is 4.39 Å². The van der Waals surface area contributed by atoms with Crippen molar-refractivity contribution in [3.05, 3.63) is 59.3 Å². The Morgan fingerprint density at radius 1 is 1.17 bits per heavy atom. The predicted octanol–water partition coefficient (Wildman–Crippen LogP) is 3.37. The highest BCUT2D eigenvalue weighted by molar-refractivity contribution is 5.58. The molecular formula is C15H9F4N5. The number of hydrogen-bond acceptors (Lipinski definition) is 4. The van der Waals surface area contributed by atoms with Crippen LogP contribution >= 0.6 is 0 Å². The van der Waals surface area contributed by atoms with Gasteiger partial charge in [-0.05, 0) is 24.3 Å². The van der Waals surface area contributed by atoms with Gasteiger partial charge in [0.1, 0.15) is 17.4 Å². The van der Waals surface area contributed by atoms with Crippen LogP contribution in [0.5, 0.6) is 0 Å². The standard InChI is InChI=1S/C15H9F4N5/c16-11-2-1-3-12(10(11)6-20)21-7-14-23-22-13-5-4-9(8-24(13)14)15(17,18)19/h1-5,8,21H,7H2. The molecule has 0 aliphatic rings. The molecule has 0 fully saturated rings. The minimum absolute atomic E-state index is 0.0272. The molecule has 3 aromatic rings. The van der Waals surface area contributed by atoms with E-state index in [4.69, 9.17) is 5.26 Å². The van der Waals surface area contributed by atoms with Crippen LogP contribution in [0.15, 0.2) is 36.5 Å². The Morgan fingerprint density at radius 3 is 2.67 bits per heavy atom. The summed E-state index contributed by atoms with van der Waals surface area (Å²) in [5.74, 6) is -0.489. The van der Waals surface area contributed by atoms with Crippen molar-refractivity contribution in [2.75, 3.05) is 5.32 Å². The molecule has 2 aromatic heterocycles. The Hall–Kier alpha value is -3.15. The molecule has 1 aromatic carbocycles. The molecule has 0 spiro atoms. The van der Waals surface area contributed by atoms with Gasteiger partial charge in [-0.3, -0.25) is 4.40 Å². The largest absolute Gasteiger partial charge is 0.417 e. The summed E-state index contributed by atoms with van der Waals surface area (Å²) in [7, 11) is 0. The average molecular weight is 335 g/mol. The van der Waals surface area contributed by atoms with Crippen molar-refractivity contribution in [2.24, 2.45) is 0 Å². The lowest BCUT2D eigenvalue weighted by Gasteiger charge is -2.09. The van der Waals surface area contributed by atoms with Crippen molar-refractivity contribution in [3.63, 3.8) is 0 Å². The Labute approximate surface area is 133 Å². The van der Waals surface area contributed by atoms with Gasteiger partial charge in [-0.2, -0.15) is 18.4 Å². The number of halogens is 4. The van der Waals surface area contributed by atoms with E-state index in [1.54, 1.807) is 6.07 Å². The Morgan fingerprint density at radius 2 is 1.96 bits per heavy atom. The van der Waals surface area contributed by atoms with Crippen LogP contribution in [0.25, 0.3) is 5.65 Å². The lowest BCUT2D eigenvalue weighted by Crippen LogP contribution is -2.09. The SMILES string of the molecule is N#Cc1c(F)cccc1NCc1nnc2ccc(C(F)(F)F)cn12. The number of aromatic nitrogens is 3. The normalized spacial score (nSPS) is 11.5. The van der Waals surface area contributed by atoms with Gasteiger partial charge in [-0.1, -0.05) is 6.07 Å². The third kappa shape index (κ3) is 2.86.